The summed E-state index contributed by atoms with van der Waals surface area (Å²) in [6.45, 7) is 0. The van der Waals surface area contributed by atoms with Crippen molar-refractivity contribution < 1.29 is 19.0 Å². The first-order valence-electron chi connectivity index (χ1n) is 5.74. The molecule has 0 unspecified atom stereocenters. The van der Waals surface area contributed by atoms with E-state index in [9.17, 15) is 19.8 Å². The zero-order valence-electron chi connectivity index (χ0n) is 9.84. The van der Waals surface area contributed by atoms with E-state index < -0.39 is 22.8 Å². The van der Waals surface area contributed by atoms with Crippen molar-refractivity contribution in [1.29, 1.82) is 0 Å². The van der Waals surface area contributed by atoms with Crippen molar-refractivity contribution in [2.45, 2.75) is 0 Å². The van der Waals surface area contributed by atoms with E-state index >= 15 is 0 Å². The molecule has 0 fully saturated rings. The van der Waals surface area contributed by atoms with Gasteiger partial charge in [0.25, 0.3) is 0 Å². The van der Waals surface area contributed by atoms with Crippen LogP contribution < -0.4 is 11.3 Å². The van der Waals surface area contributed by atoms with Crippen molar-refractivity contribution in [3.05, 3.63) is 45.1 Å². The summed E-state index contributed by atoms with van der Waals surface area (Å²) in [5.74, 6) is -1.13. The number of hydrogen-bond donors (Lipinski definition) is 2. The number of benzene rings is 2. The van der Waals surface area contributed by atoms with E-state index in [0.717, 1.165) is 6.07 Å². The van der Waals surface area contributed by atoms with Crippen LogP contribution in [-0.2, 0) is 0 Å². The highest BCUT2D eigenvalue weighted by Gasteiger charge is 2.21. The maximum Gasteiger partial charge on any atom is 0.344 e. The van der Waals surface area contributed by atoms with Crippen LogP contribution in [0.1, 0.15) is 0 Å². The molecule has 2 N–H and O–H groups in total. The highest BCUT2D eigenvalue weighted by Crippen LogP contribution is 2.39. The Kier molecular flexibility index (Phi) is 1.79. The number of rotatable bonds is 0. The van der Waals surface area contributed by atoms with Crippen LogP contribution in [0.3, 0.4) is 0 Å². The molecule has 0 saturated carbocycles. The Bertz CT molecular complexity index is 1100. The zero-order chi connectivity index (χ0) is 14.0. The first-order chi connectivity index (χ1) is 9.58. The molecule has 4 rings (SSSR count). The number of aromatic hydroxyl groups is 2. The Morgan fingerprint density at radius 1 is 0.900 bits per heavy atom. The van der Waals surface area contributed by atoms with Crippen LogP contribution in [0.5, 0.6) is 11.5 Å². The van der Waals surface area contributed by atoms with Gasteiger partial charge in [-0.15, -0.1) is 0 Å². The molecule has 0 aliphatic carbocycles. The van der Waals surface area contributed by atoms with Gasteiger partial charge in [0.05, 0.1) is 10.8 Å². The van der Waals surface area contributed by atoms with Gasteiger partial charge in [0.2, 0.25) is 5.75 Å². The minimum Gasteiger partial charge on any atom is -0.504 e. The summed E-state index contributed by atoms with van der Waals surface area (Å²) in [7, 11) is 0. The van der Waals surface area contributed by atoms with Crippen LogP contribution in [0.15, 0.2) is 42.7 Å². The molecule has 0 spiro atoms. The summed E-state index contributed by atoms with van der Waals surface area (Å²) in [4.78, 5) is 23.9. The van der Waals surface area contributed by atoms with Gasteiger partial charge >= 0.3 is 11.3 Å². The van der Waals surface area contributed by atoms with Crippen molar-refractivity contribution in [2.75, 3.05) is 0 Å². The first kappa shape index (κ1) is 10.9. The summed E-state index contributed by atoms with van der Waals surface area (Å²) in [5, 5.41) is 20.4. The molecule has 0 bridgehead atoms. The van der Waals surface area contributed by atoms with Crippen molar-refractivity contribution in [1.82, 2.24) is 0 Å². The van der Waals surface area contributed by atoms with Gasteiger partial charge in [0.1, 0.15) is 5.58 Å². The van der Waals surface area contributed by atoms with Crippen molar-refractivity contribution in [3.8, 4) is 11.5 Å². The standard InChI is InChI=1S/C14H6O6/c15-7-4-6-10-9-5(13(17)20-12(10)11(7)16)2-1-3-8(9)19-14(6)18/h1-4,15-16H. The highest BCUT2D eigenvalue weighted by atomic mass is 16.4. The largest absolute Gasteiger partial charge is 0.504 e. The second-order valence-corrected chi connectivity index (χ2v) is 4.45. The molecule has 6 nitrogen and oxygen atoms in total. The molecule has 0 atom stereocenters. The van der Waals surface area contributed by atoms with Crippen molar-refractivity contribution in [3.63, 3.8) is 0 Å². The van der Waals surface area contributed by atoms with E-state index in [1.165, 1.54) is 6.07 Å². The fourth-order valence-electron chi connectivity index (χ4n) is 2.49. The summed E-state index contributed by atoms with van der Waals surface area (Å²) < 4.78 is 10.2. The lowest BCUT2D eigenvalue weighted by Crippen LogP contribution is -2.06. The maximum atomic E-state index is 11.9. The predicted molar refractivity (Wildman–Crippen MR) is 70.5 cm³/mol. The van der Waals surface area contributed by atoms with Crippen LogP contribution in [0, 0.1) is 0 Å². The van der Waals surface area contributed by atoms with E-state index in [1.807, 2.05) is 0 Å². The van der Waals surface area contributed by atoms with Crippen LogP contribution in [0.2, 0.25) is 0 Å². The van der Waals surface area contributed by atoms with Gasteiger partial charge in [-0.25, -0.2) is 9.59 Å². The Hall–Kier alpha value is -3.02. The fraction of sp³-hybridized carbons (Fsp3) is 0. The van der Waals surface area contributed by atoms with Gasteiger partial charge in [-0.2, -0.15) is 0 Å². The molecule has 2 aromatic heterocycles. The van der Waals surface area contributed by atoms with Gasteiger partial charge in [0.15, 0.2) is 11.3 Å². The van der Waals surface area contributed by atoms with E-state index in [1.54, 1.807) is 12.1 Å². The maximum absolute atomic E-state index is 11.9. The topological polar surface area (TPSA) is 101 Å². The Morgan fingerprint density at radius 3 is 2.45 bits per heavy atom. The van der Waals surface area contributed by atoms with Crippen molar-refractivity contribution in [2.24, 2.45) is 0 Å². The van der Waals surface area contributed by atoms with E-state index in [4.69, 9.17) is 8.83 Å². The molecule has 0 amide bonds. The van der Waals surface area contributed by atoms with Gasteiger partial charge in [-0.1, -0.05) is 6.07 Å². The summed E-state index contributed by atoms with van der Waals surface area (Å²) in [6.07, 6.45) is 0. The minimum absolute atomic E-state index is 0.0442. The predicted octanol–water partition coefficient (Wildman–Crippen LogP) is 1.90. The third kappa shape index (κ3) is 1.13. The number of phenolic OH excluding ortho intramolecular Hbond substituents is 2. The van der Waals surface area contributed by atoms with Crippen LogP contribution in [-0.4, -0.2) is 10.2 Å². The first-order valence-corrected chi connectivity index (χ1v) is 5.74. The summed E-state index contributed by atoms with van der Waals surface area (Å²) in [5.41, 5.74) is -1.36. The third-order valence-corrected chi connectivity index (χ3v) is 3.35. The lowest BCUT2D eigenvalue weighted by molar-refractivity contribution is 0.398. The molecule has 4 aromatic rings. The van der Waals surface area contributed by atoms with Crippen LogP contribution in [0.25, 0.3) is 32.7 Å². The minimum atomic E-state index is -0.681. The molecule has 0 aliphatic rings. The number of hydrogen-bond acceptors (Lipinski definition) is 6. The normalized spacial score (nSPS) is 11.8. The fourth-order valence-corrected chi connectivity index (χ4v) is 2.49. The average Bonchev–Trinajstić information content (AvgIpc) is 2.43. The van der Waals surface area contributed by atoms with Gasteiger partial charge in [0, 0.05) is 10.8 Å². The zero-order valence-corrected chi connectivity index (χ0v) is 9.84. The Labute approximate surface area is 109 Å². The molecular weight excluding hydrogens is 264 g/mol. The molecule has 2 heterocycles. The van der Waals surface area contributed by atoms with E-state index in [0.29, 0.717) is 5.39 Å². The Balaban J connectivity index is 2.57. The average molecular weight is 270 g/mol. The third-order valence-electron chi connectivity index (χ3n) is 3.35. The molecular formula is C14H6O6. The smallest absolute Gasteiger partial charge is 0.344 e. The Morgan fingerprint density at radius 2 is 1.65 bits per heavy atom. The van der Waals surface area contributed by atoms with Gasteiger partial charge in [-0.3, -0.25) is 0 Å². The van der Waals surface area contributed by atoms with E-state index in [-0.39, 0.29) is 27.3 Å². The molecule has 0 saturated heterocycles. The molecule has 98 valence electrons. The second-order valence-electron chi connectivity index (χ2n) is 4.45. The van der Waals surface area contributed by atoms with Crippen molar-refractivity contribution >= 4 is 32.7 Å². The summed E-state index contributed by atoms with van der Waals surface area (Å²) >= 11 is 0. The van der Waals surface area contributed by atoms with Gasteiger partial charge in [-0.05, 0) is 18.2 Å². The highest BCUT2D eigenvalue weighted by molar-refractivity contribution is 6.20. The van der Waals surface area contributed by atoms with Crippen LogP contribution in [0.4, 0.5) is 0 Å². The lowest BCUT2D eigenvalue weighted by atomic mass is 10.0. The SMILES string of the molecule is O=c1oc2c(O)c(O)cc3c(=O)oc4cccc1c4c23. The van der Waals surface area contributed by atoms with Gasteiger partial charge < -0.3 is 19.0 Å². The molecule has 20 heavy (non-hydrogen) atoms. The quantitative estimate of drug-likeness (QED) is 0.287. The molecule has 6 heteroatoms. The molecule has 0 aliphatic heterocycles. The summed E-state index contributed by atoms with van der Waals surface area (Å²) in [6, 6.07) is 5.75. The molecule has 0 radical (unpaired) electrons. The van der Waals surface area contributed by atoms with Crippen LogP contribution >= 0.6 is 0 Å². The monoisotopic (exact) mass is 270 g/mol. The molecule has 2 aromatic carbocycles. The lowest BCUT2D eigenvalue weighted by Gasteiger charge is -2.09. The van der Waals surface area contributed by atoms with E-state index in [2.05, 4.69) is 0 Å². The number of phenols is 2. The second kappa shape index (κ2) is 3.30.